The standard InChI is InChI=1S/C13H21N3O4/c1-14-13-5-4-11(16(18)19)6-10(13)7-15(2)8-12(17)9-20-3/h4-6,12,14,17H,7-9H2,1-3H3. The third-order valence-corrected chi connectivity index (χ3v) is 2.89. The number of likely N-dealkylation sites (N-methyl/N-ethyl adjacent to an activating group) is 1. The van der Waals surface area contributed by atoms with Crippen molar-refractivity contribution in [2.75, 3.05) is 39.7 Å². The van der Waals surface area contributed by atoms with E-state index in [1.165, 1.54) is 13.2 Å². The maximum absolute atomic E-state index is 10.8. The van der Waals surface area contributed by atoms with Crippen LogP contribution in [-0.4, -0.2) is 55.4 Å². The number of ether oxygens (including phenoxy) is 1. The van der Waals surface area contributed by atoms with Gasteiger partial charge < -0.3 is 15.2 Å². The van der Waals surface area contributed by atoms with Gasteiger partial charge in [-0.25, -0.2) is 0 Å². The molecule has 0 bridgehead atoms. The van der Waals surface area contributed by atoms with Crippen molar-refractivity contribution in [2.24, 2.45) is 0 Å². The van der Waals surface area contributed by atoms with E-state index < -0.39 is 11.0 Å². The van der Waals surface area contributed by atoms with Gasteiger partial charge in [-0.15, -0.1) is 0 Å². The monoisotopic (exact) mass is 283 g/mol. The van der Waals surface area contributed by atoms with Gasteiger partial charge in [0.1, 0.15) is 0 Å². The molecule has 0 saturated carbocycles. The minimum absolute atomic E-state index is 0.0600. The SMILES string of the molecule is CNc1ccc([N+](=O)[O-])cc1CN(C)CC(O)COC. The maximum Gasteiger partial charge on any atom is 0.269 e. The van der Waals surface area contributed by atoms with E-state index in [1.54, 1.807) is 19.2 Å². The Balaban J connectivity index is 2.78. The van der Waals surface area contributed by atoms with Gasteiger partial charge >= 0.3 is 0 Å². The Kier molecular flexibility index (Phi) is 6.37. The molecule has 0 aliphatic carbocycles. The van der Waals surface area contributed by atoms with Crippen LogP contribution >= 0.6 is 0 Å². The number of nitro benzene ring substituents is 1. The van der Waals surface area contributed by atoms with Crippen LogP contribution in [-0.2, 0) is 11.3 Å². The van der Waals surface area contributed by atoms with Crippen molar-refractivity contribution in [3.8, 4) is 0 Å². The van der Waals surface area contributed by atoms with E-state index in [2.05, 4.69) is 5.32 Å². The fourth-order valence-electron chi connectivity index (χ4n) is 2.03. The smallest absolute Gasteiger partial charge is 0.269 e. The molecule has 20 heavy (non-hydrogen) atoms. The summed E-state index contributed by atoms with van der Waals surface area (Å²) >= 11 is 0. The maximum atomic E-state index is 10.8. The van der Waals surface area contributed by atoms with Crippen LogP contribution in [0.2, 0.25) is 0 Å². The summed E-state index contributed by atoms with van der Waals surface area (Å²) in [6, 6.07) is 4.70. The van der Waals surface area contributed by atoms with E-state index in [0.717, 1.165) is 11.3 Å². The second kappa shape index (κ2) is 7.78. The number of methoxy groups -OCH3 is 1. The number of benzene rings is 1. The number of hydrogen-bond acceptors (Lipinski definition) is 6. The molecule has 2 N–H and O–H groups in total. The molecule has 7 heteroatoms. The Morgan fingerprint density at radius 3 is 2.80 bits per heavy atom. The Hall–Kier alpha value is -1.70. The number of nitrogens with zero attached hydrogens (tertiary/aromatic N) is 2. The summed E-state index contributed by atoms with van der Waals surface area (Å²) in [5.41, 5.74) is 1.71. The molecule has 0 aliphatic heterocycles. The summed E-state index contributed by atoms with van der Waals surface area (Å²) in [4.78, 5) is 12.3. The lowest BCUT2D eigenvalue weighted by Gasteiger charge is -2.21. The molecule has 112 valence electrons. The lowest BCUT2D eigenvalue weighted by molar-refractivity contribution is -0.384. The first-order chi connectivity index (χ1) is 9.47. The third-order valence-electron chi connectivity index (χ3n) is 2.89. The number of hydrogen-bond donors (Lipinski definition) is 2. The topological polar surface area (TPSA) is 87.9 Å². The Morgan fingerprint density at radius 2 is 2.25 bits per heavy atom. The third kappa shape index (κ3) is 4.76. The predicted molar refractivity (Wildman–Crippen MR) is 76.9 cm³/mol. The van der Waals surface area contributed by atoms with E-state index >= 15 is 0 Å². The summed E-state index contributed by atoms with van der Waals surface area (Å²) < 4.78 is 4.87. The second-order valence-electron chi connectivity index (χ2n) is 4.65. The molecule has 0 heterocycles. The fraction of sp³-hybridized carbons (Fsp3) is 0.538. The zero-order valence-electron chi connectivity index (χ0n) is 12.0. The lowest BCUT2D eigenvalue weighted by atomic mass is 10.1. The molecule has 0 fully saturated rings. The molecular formula is C13H21N3O4. The van der Waals surface area contributed by atoms with Crippen molar-refractivity contribution in [2.45, 2.75) is 12.6 Å². The lowest BCUT2D eigenvalue weighted by Crippen LogP contribution is -2.31. The molecule has 0 amide bonds. The van der Waals surface area contributed by atoms with Crippen molar-refractivity contribution < 1.29 is 14.8 Å². The molecule has 1 unspecified atom stereocenters. The molecule has 1 rings (SSSR count). The zero-order chi connectivity index (χ0) is 15.1. The van der Waals surface area contributed by atoms with E-state index in [-0.39, 0.29) is 12.3 Å². The van der Waals surface area contributed by atoms with E-state index in [1.807, 2.05) is 11.9 Å². The molecule has 0 radical (unpaired) electrons. The highest BCUT2D eigenvalue weighted by atomic mass is 16.6. The van der Waals surface area contributed by atoms with E-state index in [9.17, 15) is 15.2 Å². The highest BCUT2D eigenvalue weighted by Crippen LogP contribution is 2.23. The number of nitro groups is 1. The largest absolute Gasteiger partial charge is 0.389 e. The average Bonchev–Trinajstić information content (AvgIpc) is 2.38. The Labute approximate surface area is 118 Å². The minimum Gasteiger partial charge on any atom is -0.389 e. The minimum atomic E-state index is -0.582. The number of anilines is 1. The summed E-state index contributed by atoms with van der Waals surface area (Å²) in [5.74, 6) is 0. The summed E-state index contributed by atoms with van der Waals surface area (Å²) in [5, 5.41) is 23.5. The van der Waals surface area contributed by atoms with Crippen LogP contribution in [0.5, 0.6) is 0 Å². The number of aliphatic hydroxyl groups is 1. The molecule has 1 aromatic rings. The van der Waals surface area contributed by atoms with Gasteiger partial charge in [-0.05, 0) is 18.7 Å². The van der Waals surface area contributed by atoms with Gasteiger partial charge in [0.05, 0.1) is 17.6 Å². The van der Waals surface area contributed by atoms with Crippen LogP contribution in [0.4, 0.5) is 11.4 Å². The molecule has 7 nitrogen and oxygen atoms in total. The molecule has 1 atom stereocenters. The van der Waals surface area contributed by atoms with Gasteiger partial charge in [0.15, 0.2) is 0 Å². The molecule has 0 aliphatic rings. The van der Waals surface area contributed by atoms with Crippen molar-refractivity contribution in [3.05, 3.63) is 33.9 Å². The van der Waals surface area contributed by atoms with Gasteiger partial charge in [-0.3, -0.25) is 15.0 Å². The normalized spacial score (nSPS) is 12.4. The number of nitrogens with one attached hydrogen (secondary N) is 1. The van der Waals surface area contributed by atoms with Crippen LogP contribution in [0.15, 0.2) is 18.2 Å². The van der Waals surface area contributed by atoms with Gasteiger partial charge in [0, 0.05) is 45.1 Å². The molecular weight excluding hydrogens is 262 g/mol. The first-order valence-corrected chi connectivity index (χ1v) is 6.28. The predicted octanol–water partition coefficient (Wildman–Crippen LogP) is 1.08. The fourth-order valence-corrected chi connectivity index (χ4v) is 2.03. The van der Waals surface area contributed by atoms with Crippen LogP contribution in [0.1, 0.15) is 5.56 Å². The van der Waals surface area contributed by atoms with Gasteiger partial charge in [0.25, 0.3) is 5.69 Å². The first kappa shape index (κ1) is 16.4. The quantitative estimate of drug-likeness (QED) is 0.548. The first-order valence-electron chi connectivity index (χ1n) is 6.28. The van der Waals surface area contributed by atoms with Crippen molar-refractivity contribution in [1.82, 2.24) is 4.90 Å². The highest BCUT2D eigenvalue weighted by Gasteiger charge is 2.13. The van der Waals surface area contributed by atoms with Gasteiger partial charge in [-0.2, -0.15) is 0 Å². The van der Waals surface area contributed by atoms with E-state index in [0.29, 0.717) is 13.1 Å². The number of aliphatic hydroxyl groups excluding tert-OH is 1. The van der Waals surface area contributed by atoms with Crippen LogP contribution < -0.4 is 5.32 Å². The highest BCUT2D eigenvalue weighted by molar-refractivity contribution is 5.55. The summed E-state index contributed by atoms with van der Waals surface area (Å²) in [6.45, 7) is 1.19. The van der Waals surface area contributed by atoms with Gasteiger partial charge in [-0.1, -0.05) is 0 Å². The Morgan fingerprint density at radius 1 is 1.55 bits per heavy atom. The zero-order valence-corrected chi connectivity index (χ0v) is 12.0. The van der Waals surface area contributed by atoms with Crippen molar-refractivity contribution in [1.29, 1.82) is 0 Å². The van der Waals surface area contributed by atoms with E-state index in [4.69, 9.17) is 4.74 Å². The van der Waals surface area contributed by atoms with Crippen molar-refractivity contribution >= 4 is 11.4 Å². The van der Waals surface area contributed by atoms with Crippen LogP contribution in [0.3, 0.4) is 0 Å². The Bertz CT molecular complexity index is 453. The number of non-ortho nitro benzene ring substituents is 1. The van der Waals surface area contributed by atoms with Gasteiger partial charge in [0.2, 0.25) is 0 Å². The molecule has 0 spiro atoms. The molecule has 1 aromatic carbocycles. The molecule has 0 saturated heterocycles. The summed E-state index contributed by atoms with van der Waals surface area (Å²) in [6.07, 6.45) is -0.582. The van der Waals surface area contributed by atoms with Crippen molar-refractivity contribution in [3.63, 3.8) is 0 Å². The average molecular weight is 283 g/mol. The summed E-state index contributed by atoms with van der Waals surface area (Å²) in [7, 11) is 5.14. The van der Waals surface area contributed by atoms with Crippen LogP contribution in [0, 0.1) is 10.1 Å². The van der Waals surface area contributed by atoms with Crippen LogP contribution in [0.25, 0.3) is 0 Å². The second-order valence-corrected chi connectivity index (χ2v) is 4.65. The molecule has 0 aromatic heterocycles. The number of rotatable bonds is 8.